The Labute approximate surface area is 153 Å². The molecule has 0 fully saturated rings. The Balaban J connectivity index is 1.82. The molecule has 0 bridgehead atoms. The first-order valence-corrected chi connectivity index (χ1v) is 8.18. The lowest BCUT2D eigenvalue weighted by molar-refractivity contribution is -0.116. The van der Waals surface area contributed by atoms with Crippen molar-refractivity contribution < 1.29 is 23.4 Å². The third kappa shape index (κ3) is 2.88. The highest BCUT2D eigenvalue weighted by atomic mass is 19.1. The Kier molecular flexibility index (Phi) is 4.02. The number of halogens is 2. The smallest absolute Gasteiger partial charge is 0.226 e. The van der Waals surface area contributed by atoms with Crippen LogP contribution in [0.3, 0.4) is 0 Å². The number of nitrogens with one attached hydrogen (secondary N) is 1. The third-order valence-corrected chi connectivity index (χ3v) is 4.56. The van der Waals surface area contributed by atoms with Crippen LogP contribution in [-0.2, 0) is 4.79 Å². The van der Waals surface area contributed by atoms with E-state index in [2.05, 4.69) is 10.4 Å². The number of phenols is 1. The van der Waals surface area contributed by atoms with Gasteiger partial charge in [0.15, 0.2) is 17.3 Å². The number of anilines is 1. The number of ether oxygens (including phenoxy) is 1. The van der Waals surface area contributed by atoms with E-state index in [1.165, 1.54) is 23.9 Å². The van der Waals surface area contributed by atoms with Crippen molar-refractivity contribution in [2.75, 3.05) is 12.4 Å². The predicted octanol–water partition coefficient (Wildman–Crippen LogP) is 3.34. The lowest BCUT2D eigenvalue weighted by Gasteiger charge is -2.24. The molecule has 4 rings (SSSR count). The van der Waals surface area contributed by atoms with E-state index in [1.54, 1.807) is 18.3 Å². The molecule has 1 atom stereocenters. The van der Waals surface area contributed by atoms with Gasteiger partial charge in [-0.25, -0.2) is 13.5 Å². The molecule has 2 heterocycles. The molecule has 0 spiro atoms. The number of nitrogens with zero attached hydrogens (tertiary/aromatic N) is 2. The number of fused-ring (bicyclic) bond motifs is 1. The molecule has 27 heavy (non-hydrogen) atoms. The Morgan fingerprint density at radius 3 is 2.81 bits per heavy atom. The summed E-state index contributed by atoms with van der Waals surface area (Å²) in [4.78, 5) is 12.3. The van der Waals surface area contributed by atoms with Crippen LogP contribution < -0.4 is 10.1 Å². The molecule has 3 aromatic rings. The van der Waals surface area contributed by atoms with E-state index in [-0.39, 0.29) is 35.4 Å². The van der Waals surface area contributed by atoms with Crippen molar-refractivity contribution in [3.63, 3.8) is 0 Å². The fraction of sp³-hybridized carbons (Fsp3) is 0.158. The second-order valence-electron chi connectivity index (χ2n) is 6.19. The summed E-state index contributed by atoms with van der Waals surface area (Å²) in [6.07, 6.45) is 1.71. The maximum atomic E-state index is 14.2. The number of rotatable bonds is 3. The topological polar surface area (TPSA) is 76.4 Å². The van der Waals surface area contributed by atoms with Crippen LogP contribution in [0, 0.1) is 11.6 Å². The van der Waals surface area contributed by atoms with Crippen LogP contribution in [-0.4, -0.2) is 27.9 Å². The molecule has 1 unspecified atom stereocenters. The molecule has 1 aliphatic rings. The number of hydrogen-bond donors (Lipinski definition) is 2. The Morgan fingerprint density at radius 2 is 2.07 bits per heavy atom. The maximum Gasteiger partial charge on any atom is 0.226 e. The van der Waals surface area contributed by atoms with Crippen LogP contribution in [0.5, 0.6) is 11.5 Å². The molecule has 8 heteroatoms. The number of benzene rings is 2. The summed E-state index contributed by atoms with van der Waals surface area (Å²) in [6.45, 7) is 0. The van der Waals surface area contributed by atoms with E-state index in [0.29, 0.717) is 11.4 Å². The van der Waals surface area contributed by atoms with Gasteiger partial charge in [-0.2, -0.15) is 5.10 Å². The van der Waals surface area contributed by atoms with Gasteiger partial charge >= 0.3 is 0 Å². The molecular weight excluding hydrogens is 356 g/mol. The molecule has 6 nitrogen and oxygen atoms in total. The van der Waals surface area contributed by atoms with Gasteiger partial charge < -0.3 is 15.2 Å². The first-order chi connectivity index (χ1) is 13.0. The SMILES string of the molecule is COc1cc(C2CC(=O)Nc3c2cnn3-c2ccc(F)cc2F)ccc1O. The monoisotopic (exact) mass is 371 g/mol. The molecule has 0 aliphatic carbocycles. The Bertz CT molecular complexity index is 1050. The van der Waals surface area contributed by atoms with Crippen molar-refractivity contribution in [2.45, 2.75) is 12.3 Å². The highest BCUT2D eigenvalue weighted by molar-refractivity contribution is 5.94. The molecular formula is C19H15F2N3O3. The predicted molar refractivity (Wildman–Crippen MR) is 93.2 cm³/mol. The summed E-state index contributed by atoms with van der Waals surface area (Å²) in [7, 11) is 1.44. The van der Waals surface area contributed by atoms with Crippen LogP contribution >= 0.6 is 0 Å². The van der Waals surface area contributed by atoms with E-state index < -0.39 is 11.6 Å². The first-order valence-electron chi connectivity index (χ1n) is 8.18. The van der Waals surface area contributed by atoms with Gasteiger partial charge in [-0.3, -0.25) is 4.79 Å². The van der Waals surface area contributed by atoms with Gasteiger partial charge in [-0.1, -0.05) is 6.07 Å². The second-order valence-corrected chi connectivity index (χ2v) is 6.19. The summed E-state index contributed by atoms with van der Waals surface area (Å²) in [5, 5.41) is 16.7. The van der Waals surface area contributed by atoms with Crippen molar-refractivity contribution in [3.8, 4) is 17.2 Å². The minimum Gasteiger partial charge on any atom is -0.504 e. The van der Waals surface area contributed by atoms with Crippen LogP contribution in [0.2, 0.25) is 0 Å². The van der Waals surface area contributed by atoms with E-state index in [0.717, 1.165) is 17.7 Å². The van der Waals surface area contributed by atoms with Crippen LogP contribution in [0.25, 0.3) is 5.69 Å². The highest BCUT2D eigenvalue weighted by Gasteiger charge is 2.31. The normalized spacial score (nSPS) is 16.0. The minimum absolute atomic E-state index is 0.00851. The van der Waals surface area contributed by atoms with Gasteiger partial charge in [0.05, 0.1) is 13.3 Å². The van der Waals surface area contributed by atoms with Gasteiger partial charge in [0.2, 0.25) is 5.91 Å². The zero-order chi connectivity index (χ0) is 19.1. The van der Waals surface area contributed by atoms with Crippen molar-refractivity contribution in [2.24, 2.45) is 0 Å². The Hall–Kier alpha value is -3.42. The van der Waals surface area contributed by atoms with Crippen LogP contribution in [0.1, 0.15) is 23.5 Å². The van der Waals surface area contributed by atoms with Gasteiger partial charge in [-0.15, -0.1) is 0 Å². The molecule has 0 radical (unpaired) electrons. The molecule has 1 aliphatic heterocycles. The first kappa shape index (κ1) is 17.0. The van der Waals surface area contributed by atoms with Gasteiger partial charge in [0.25, 0.3) is 0 Å². The third-order valence-electron chi connectivity index (χ3n) is 4.56. The largest absolute Gasteiger partial charge is 0.504 e. The Morgan fingerprint density at radius 1 is 1.26 bits per heavy atom. The van der Waals surface area contributed by atoms with Crippen molar-refractivity contribution in [3.05, 3.63) is 65.4 Å². The summed E-state index contributed by atoms with van der Waals surface area (Å²) < 4.78 is 33.8. The second kappa shape index (κ2) is 6.39. The zero-order valence-corrected chi connectivity index (χ0v) is 14.2. The maximum absolute atomic E-state index is 14.2. The number of carbonyl (C=O) groups excluding carboxylic acids is 1. The average Bonchev–Trinajstić information content (AvgIpc) is 3.05. The number of aromatic hydroxyl groups is 1. The highest BCUT2D eigenvalue weighted by Crippen LogP contribution is 2.40. The fourth-order valence-corrected chi connectivity index (χ4v) is 3.26. The lowest BCUT2D eigenvalue weighted by atomic mass is 9.87. The summed E-state index contributed by atoms with van der Waals surface area (Å²) in [6, 6.07) is 7.98. The number of carbonyl (C=O) groups is 1. The number of phenolic OH excluding ortho intramolecular Hbond substituents is 1. The van der Waals surface area contributed by atoms with Crippen molar-refractivity contribution >= 4 is 11.7 Å². The minimum atomic E-state index is -0.788. The number of hydrogen-bond acceptors (Lipinski definition) is 4. The van der Waals surface area contributed by atoms with Gasteiger partial charge in [0, 0.05) is 24.0 Å². The van der Waals surface area contributed by atoms with E-state index in [4.69, 9.17) is 4.74 Å². The fourth-order valence-electron chi connectivity index (χ4n) is 3.26. The van der Waals surface area contributed by atoms with Crippen LogP contribution in [0.4, 0.5) is 14.6 Å². The van der Waals surface area contributed by atoms with E-state index >= 15 is 0 Å². The van der Waals surface area contributed by atoms with Gasteiger partial charge in [-0.05, 0) is 29.8 Å². The molecule has 0 saturated heterocycles. The lowest BCUT2D eigenvalue weighted by Crippen LogP contribution is -2.24. The van der Waals surface area contributed by atoms with Gasteiger partial charge in [0.1, 0.15) is 17.3 Å². The molecule has 2 aromatic carbocycles. The molecule has 1 amide bonds. The molecule has 0 saturated carbocycles. The summed E-state index contributed by atoms with van der Waals surface area (Å²) in [5.41, 5.74) is 1.47. The molecule has 2 N–H and O–H groups in total. The quantitative estimate of drug-likeness (QED) is 0.740. The zero-order valence-electron chi connectivity index (χ0n) is 14.2. The molecule has 1 aromatic heterocycles. The number of aromatic nitrogens is 2. The summed E-state index contributed by atoms with van der Waals surface area (Å²) >= 11 is 0. The summed E-state index contributed by atoms with van der Waals surface area (Å²) in [5.74, 6) is -1.49. The standard InChI is InChI=1S/C19H15F2N3O3/c1-27-17-6-10(2-5-16(17)25)12-8-18(26)23-19-13(12)9-22-24(19)15-4-3-11(20)7-14(15)21/h2-7,9,12,25H,8H2,1H3,(H,23,26). The van der Waals surface area contributed by atoms with Crippen LogP contribution in [0.15, 0.2) is 42.6 Å². The number of amides is 1. The average molecular weight is 371 g/mol. The van der Waals surface area contributed by atoms with Crippen molar-refractivity contribution in [1.82, 2.24) is 9.78 Å². The van der Waals surface area contributed by atoms with E-state index in [9.17, 15) is 18.7 Å². The molecule has 138 valence electrons. The van der Waals surface area contributed by atoms with E-state index in [1.807, 2.05) is 0 Å². The van der Waals surface area contributed by atoms with Crippen molar-refractivity contribution in [1.29, 1.82) is 0 Å². The number of methoxy groups -OCH3 is 1.